The molecule has 0 saturated carbocycles. The predicted octanol–water partition coefficient (Wildman–Crippen LogP) is 0.676. The Morgan fingerprint density at radius 3 is 2.74 bits per heavy atom. The molecule has 2 heterocycles. The van der Waals surface area contributed by atoms with Crippen LogP contribution < -0.4 is 10.6 Å². The number of imidazole rings is 1. The second kappa shape index (κ2) is 6.12. The number of halogens is 3. The van der Waals surface area contributed by atoms with E-state index in [1.54, 1.807) is 6.92 Å². The number of aromatic nitrogens is 2. The first-order valence-corrected chi connectivity index (χ1v) is 7.36. The fraction of sp³-hybridized carbons (Fsp3) is 0.714. The summed E-state index contributed by atoms with van der Waals surface area (Å²) in [6, 6.07) is 0. The zero-order valence-corrected chi connectivity index (χ0v) is 13.1. The number of alkyl halides is 3. The number of hydrogen-bond donors (Lipinski definition) is 3. The van der Waals surface area contributed by atoms with Gasteiger partial charge in [-0.25, -0.2) is 4.98 Å². The number of aryl methyl sites for hydroxylation is 1. The maximum atomic E-state index is 13.3. The van der Waals surface area contributed by atoms with Gasteiger partial charge in [-0.1, -0.05) is 0 Å². The van der Waals surface area contributed by atoms with Crippen LogP contribution in [0.2, 0.25) is 0 Å². The molecule has 0 unspecified atom stereocenters. The lowest BCUT2D eigenvalue weighted by atomic mass is 9.88. The molecule has 0 spiro atoms. The number of nitrogens with one attached hydrogen (secondary N) is 2. The van der Waals surface area contributed by atoms with E-state index in [-0.39, 0.29) is 12.5 Å². The number of rotatable bonds is 5. The molecule has 130 valence electrons. The van der Waals surface area contributed by atoms with Crippen LogP contribution in [0.25, 0.3) is 0 Å². The van der Waals surface area contributed by atoms with Crippen molar-refractivity contribution in [2.24, 2.45) is 12.5 Å². The summed E-state index contributed by atoms with van der Waals surface area (Å²) < 4.78 is 41.1. The van der Waals surface area contributed by atoms with Gasteiger partial charge in [0, 0.05) is 39.0 Å². The van der Waals surface area contributed by atoms with Crippen LogP contribution in [0, 0.1) is 5.41 Å². The van der Waals surface area contributed by atoms with Gasteiger partial charge in [-0.3, -0.25) is 4.79 Å². The summed E-state index contributed by atoms with van der Waals surface area (Å²) in [6.07, 6.45) is -2.44. The standard InChI is InChI=1S/C14H21F3N4O2/c1-12(3-5-18-9-12)11(22)20-6-4-13(23,14(15,16)17)10-19-7-8-21(10)2/h7-8,18,23H,3-6,9H2,1-2H3,(H,20,22)/t12-,13+/m1/s1. The summed E-state index contributed by atoms with van der Waals surface area (Å²) in [4.78, 5) is 15.7. The topological polar surface area (TPSA) is 79.2 Å². The van der Waals surface area contributed by atoms with E-state index in [0.29, 0.717) is 19.5 Å². The molecule has 1 aromatic rings. The van der Waals surface area contributed by atoms with E-state index in [1.807, 2.05) is 0 Å². The van der Waals surface area contributed by atoms with Gasteiger partial charge in [-0.2, -0.15) is 13.2 Å². The molecule has 1 aliphatic heterocycles. The summed E-state index contributed by atoms with van der Waals surface area (Å²) >= 11 is 0. The van der Waals surface area contributed by atoms with Crippen LogP contribution in [0.15, 0.2) is 12.4 Å². The Bertz CT molecular complexity index is 567. The summed E-state index contributed by atoms with van der Waals surface area (Å²) in [7, 11) is 1.38. The van der Waals surface area contributed by atoms with Crippen molar-refractivity contribution in [3.63, 3.8) is 0 Å². The highest BCUT2D eigenvalue weighted by Crippen LogP contribution is 2.40. The molecule has 1 amide bonds. The Morgan fingerprint density at radius 2 is 2.26 bits per heavy atom. The van der Waals surface area contributed by atoms with E-state index in [1.165, 1.54) is 19.4 Å². The highest BCUT2D eigenvalue weighted by atomic mass is 19.4. The van der Waals surface area contributed by atoms with Gasteiger partial charge in [0.25, 0.3) is 0 Å². The van der Waals surface area contributed by atoms with Gasteiger partial charge in [-0.05, 0) is 19.9 Å². The number of carbonyl (C=O) groups is 1. The fourth-order valence-electron chi connectivity index (χ4n) is 2.73. The van der Waals surface area contributed by atoms with Gasteiger partial charge in [0.15, 0.2) is 0 Å². The van der Waals surface area contributed by atoms with Gasteiger partial charge in [0.1, 0.15) is 5.82 Å². The summed E-state index contributed by atoms with van der Waals surface area (Å²) in [5.41, 5.74) is -3.73. The highest BCUT2D eigenvalue weighted by Gasteiger charge is 2.57. The number of nitrogens with zero attached hydrogens (tertiary/aromatic N) is 2. The normalized spacial score (nSPS) is 24.4. The largest absolute Gasteiger partial charge is 0.424 e. The van der Waals surface area contributed by atoms with Crippen LogP contribution >= 0.6 is 0 Å². The molecule has 9 heteroatoms. The number of carbonyl (C=O) groups excluding carboxylic acids is 1. The molecule has 3 N–H and O–H groups in total. The lowest BCUT2D eigenvalue weighted by molar-refractivity contribution is -0.272. The minimum Gasteiger partial charge on any atom is -0.374 e. The molecule has 0 aliphatic carbocycles. The Morgan fingerprint density at radius 1 is 1.57 bits per heavy atom. The molecule has 1 fully saturated rings. The lowest BCUT2D eigenvalue weighted by Crippen LogP contribution is -2.48. The molecular weight excluding hydrogens is 313 g/mol. The smallest absolute Gasteiger partial charge is 0.374 e. The van der Waals surface area contributed by atoms with Crippen molar-refractivity contribution in [2.45, 2.75) is 31.5 Å². The third-order valence-electron chi connectivity index (χ3n) is 4.35. The second-order valence-electron chi connectivity index (χ2n) is 6.21. The number of hydrogen-bond acceptors (Lipinski definition) is 4. The zero-order chi connectivity index (χ0) is 17.3. The van der Waals surface area contributed by atoms with Crippen molar-refractivity contribution < 1.29 is 23.1 Å². The zero-order valence-electron chi connectivity index (χ0n) is 13.1. The van der Waals surface area contributed by atoms with Gasteiger partial charge in [0.05, 0.1) is 5.41 Å². The Balaban J connectivity index is 2.06. The maximum Gasteiger partial charge on any atom is 0.424 e. The number of aliphatic hydroxyl groups is 1. The van der Waals surface area contributed by atoms with Gasteiger partial charge in [-0.15, -0.1) is 0 Å². The summed E-state index contributed by atoms with van der Waals surface area (Å²) in [5, 5.41) is 15.7. The van der Waals surface area contributed by atoms with Crippen molar-refractivity contribution in [2.75, 3.05) is 19.6 Å². The van der Waals surface area contributed by atoms with Crippen molar-refractivity contribution in [3.8, 4) is 0 Å². The molecule has 2 atom stereocenters. The Hall–Kier alpha value is -1.61. The first kappa shape index (κ1) is 17.7. The Labute approximate surface area is 132 Å². The van der Waals surface area contributed by atoms with Crippen LogP contribution in [0.1, 0.15) is 25.6 Å². The van der Waals surface area contributed by atoms with E-state index >= 15 is 0 Å². The highest BCUT2D eigenvalue weighted by molar-refractivity contribution is 5.82. The van der Waals surface area contributed by atoms with Crippen molar-refractivity contribution in [1.82, 2.24) is 20.2 Å². The van der Waals surface area contributed by atoms with Crippen LogP contribution in [0.5, 0.6) is 0 Å². The van der Waals surface area contributed by atoms with Crippen molar-refractivity contribution >= 4 is 5.91 Å². The van der Waals surface area contributed by atoms with Crippen molar-refractivity contribution in [3.05, 3.63) is 18.2 Å². The van der Waals surface area contributed by atoms with E-state index in [4.69, 9.17) is 0 Å². The average molecular weight is 334 g/mol. The first-order chi connectivity index (χ1) is 10.6. The van der Waals surface area contributed by atoms with Crippen LogP contribution in [0.3, 0.4) is 0 Å². The monoisotopic (exact) mass is 334 g/mol. The van der Waals surface area contributed by atoms with Gasteiger partial charge >= 0.3 is 6.18 Å². The van der Waals surface area contributed by atoms with E-state index in [9.17, 15) is 23.1 Å². The molecule has 0 aromatic carbocycles. The third-order valence-corrected chi connectivity index (χ3v) is 4.35. The van der Waals surface area contributed by atoms with E-state index in [0.717, 1.165) is 4.57 Å². The molecular formula is C14H21F3N4O2. The van der Waals surface area contributed by atoms with Crippen LogP contribution in [0.4, 0.5) is 13.2 Å². The third kappa shape index (κ3) is 3.35. The molecule has 0 bridgehead atoms. The van der Waals surface area contributed by atoms with Crippen LogP contribution in [-0.4, -0.2) is 46.4 Å². The predicted molar refractivity (Wildman–Crippen MR) is 76.4 cm³/mol. The molecule has 23 heavy (non-hydrogen) atoms. The quantitative estimate of drug-likeness (QED) is 0.740. The minimum absolute atomic E-state index is 0.294. The molecule has 0 radical (unpaired) electrons. The fourth-order valence-corrected chi connectivity index (χ4v) is 2.73. The molecule has 6 nitrogen and oxygen atoms in total. The Kier molecular flexibility index (Phi) is 4.72. The number of amides is 1. The van der Waals surface area contributed by atoms with E-state index in [2.05, 4.69) is 15.6 Å². The molecule has 1 saturated heterocycles. The maximum absolute atomic E-state index is 13.3. The van der Waals surface area contributed by atoms with E-state index < -0.39 is 29.4 Å². The molecule has 1 aromatic heterocycles. The van der Waals surface area contributed by atoms with Gasteiger partial charge < -0.3 is 20.3 Å². The van der Waals surface area contributed by atoms with Gasteiger partial charge in [0.2, 0.25) is 11.5 Å². The summed E-state index contributed by atoms with van der Waals surface area (Å²) in [6.45, 7) is 2.65. The molecule has 1 aliphatic rings. The average Bonchev–Trinajstić information content (AvgIpc) is 3.07. The molecule has 2 rings (SSSR count). The second-order valence-corrected chi connectivity index (χ2v) is 6.21. The first-order valence-electron chi connectivity index (χ1n) is 7.36. The van der Waals surface area contributed by atoms with Crippen LogP contribution in [-0.2, 0) is 17.4 Å². The minimum atomic E-state index is -4.89. The lowest BCUT2D eigenvalue weighted by Gasteiger charge is -2.30. The summed E-state index contributed by atoms with van der Waals surface area (Å²) in [5.74, 6) is -0.806. The van der Waals surface area contributed by atoms with Crippen molar-refractivity contribution in [1.29, 1.82) is 0 Å². The SMILES string of the molecule is Cn1ccnc1[C@@](O)(CCNC(=O)[C@]1(C)CCNC1)C(F)(F)F.